The first-order chi connectivity index (χ1) is 6.46. The number of carbonyl (C=O) groups excluding carboxylic acids is 1. The van der Waals surface area contributed by atoms with E-state index in [1.165, 1.54) is 6.42 Å². The smallest absolute Gasteiger partial charge is 0.155 e. The largest absolute Gasteiger partial charge is 0.297 e. The summed E-state index contributed by atoms with van der Waals surface area (Å²) in [5.74, 6) is 0.420. The van der Waals surface area contributed by atoms with Gasteiger partial charge in [-0.2, -0.15) is 0 Å². The summed E-state index contributed by atoms with van der Waals surface area (Å²) in [6.45, 7) is 10.4. The van der Waals surface area contributed by atoms with Crippen LogP contribution in [0.1, 0.15) is 47.0 Å². The number of ketones is 1. The molecule has 0 amide bonds. The van der Waals surface area contributed by atoms with Gasteiger partial charge in [0.15, 0.2) is 5.78 Å². The Labute approximate surface area is 87.7 Å². The van der Waals surface area contributed by atoms with Crippen LogP contribution in [0, 0.1) is 5.41 Å². The first kappa shape index (κ1) is 11.7. The van der Waals surface area contributed by atoms with E-state index in [1.54, 1.807) is 0 Å². The number of carbonyl (C=O) groups is 1. The second kappa shape index (κ2) is 4.43. The van der Waals surface area contributed by atoms with E-state index in [0.29, 0.717) is 5.78 Å². The molecule has 0 saturated carbocycles. The molecular formula is C12H23NO. The van der Waals surface area contributed by atoms with Crippen LogP contribution >= 0.6 is 0 Å². The third kappa shape index (κ3) is 2.57. The van der Waals surface area contributed by atoms with Crippen LogP contribution < -0.4 is 0 Å². The second-order valence-corrected chi connectivity index (χ2v) is 5.31. The molecule has 1 unspecified atom stereocenters. The lowest BCUT2D eigenvalue weighted by molar-refractivity contribution is -0.130. The number of Topliss-reactive ketones (excluding diaryl/α,β-unsaturated/α-hetero) is 1. The molecule has 0 aromatic rings. The summed E-state index contributed by atoms with van der Waals surface area (Å²) in [5, 5.41) is 0. The lowest BCUT2D eigenvalue weighted by Crippen LogP contribution is -2.42. The Hall–Kier alpha value is -0.370. The average molecular weight is 197 g/mol. The minimum absolute atomic E-state index is 0.180. The van der Waals surface area contributed by atoms with Gasteiger partial charge in [0.05, 0.1) is 6.04 Å². The predicted molar refractivity (Wildman–Crippen MR) is 59.3 cm³/mol. The summed E-state index contributed by atoms with van der Waals surface area (Å²) in [6, 6.07) is 0.204. The number of rotatable bonds is 3. The maximum Gasteiger partial charge on any atom is 0.155 e. The molecule has 1 aliphatic heterocycles. The number of hydrogen-bond donors (Lipinski definition) is 0. The van der Waals surface area contributed by atoms with Crippen LogP contribution in [0.15, 0.2) is 0 Å². The van der Waals surface area contributed by atoms with Crippen molar-refractivity contribution in [2.75, 3.05) is 13.1 Å². The van der Waals surface area contributed by atoms with Gasteiger partial charge in [-0.15, -0.1) is 0 Å². The molecular weight excluding hydrogens is 174 g/mol. The molecule has 1 rings (SSSR count). The van der Waals surface area contributed by atoms with Crippen LogP contribution in [-0.4, -0.2) is 29.8 Å². The molecule has 1 heterocycles. The van der Waals surface area contributed by atoms with Crippen molar-refractivity contribution in [1.82, 2.24) is 4.90 Å². The van der Waals surface area contributed by atoms with E-state index in [0.717, 1.165) is 25.9 Å². The molecule has 82 valence electrons. The molecule has 14 heavy (non-hydrogen) atoms. The first-order valence-corrected chi connectivity index (χ1v) is 5.75. The standard InChI is InChI=1S/C12H23NO/c1-5-8-13-9-6-7-10(13)11(14)12(2,3)4/h10H,5-9H2,1-4H3. The Bertz CT molecular complexity index is 205. The van der Waals surface area contributed by atoms with E-state index in [4.69, 9.17) is 0 Å². The van der Waals surface area contributed by atoms with Gasteiger partial charge in [0.1, 0.15) is 0 Å². The highest BCUT2D eigenvalue weighted by Crippen LogP contribution is 2.26. The van der Waals surface area contributed by atoms with Gasteiger partial charge in [-0.3, -0.25) is 9.69 Å². The molecule has 0 spiro atoms. The van der Waals surface area contributed by atoms with E-state index in [2.05, 4.69) is 11.8 Å². The van der Waals surface area contributed by atoms with Crippen LogP contribution in [-0.2, 0) is 4.79 Å². The monoisotopic (exact) mass is 197 g/mol. The van der Waals surface area contributed by atoms with E-state index < -0.39 is 0 Å². The number of likely N-dealkylation sites (tertiary alicyclic amines) is 1. The Morgan fingerprint density at radius 1 is 1.43 bits per heavy atom. The van der Waals surface area contributed by atoms with Gasteiger partial charge in [-0.1, -0.05) is 27.7 Å². The summed E-state index contributed by atoms with van der Waals surface area (Å²) in [6.07, 6.45) is 3.40. The summed E-state index contributed by atoms with van der Waals surface area (Å²) in [5.41, 5.74) is -0.180. The van der Waals surface area contributed by atoms with E-state index >= 15 is 0 Å². The van der Waals surface area contributed by atoms with Crippen molar-refractivity contribution in [1.29, 1.82) is 0 Å². The molecule has 0 radical (unpaired) electrons. The zero-order chi connectivity index (χ0) is 10.8. The Kier molecular flexibility index (Phi) is 3.71. The molecule has 1 saturated heterocycles. The van der Waals surface area contributed by atoms with Gasteiger partial charge in [-0.25, -0.2) is 0 Å². The van der Waals surface area contributed by atoms with Crippen molar-refractivity contribution in [2.24, 2.45) is 5.41 Å². The van der Waals surface area contributed by atoms with Crippen LogP contribution in [0.25, 0.3) is 0 Å². The molecule has 0 aromatic carbocycles. The lowest BCUT2D eigenvalue weighted by atomic mass is 9.85. The molecule has 2 heteroatoms. The minimum Gasteiger partial charge on any atom is -0.297 e. The normalized spacial score (nSPS) is 24.1. The number of hydrogen-bond acceptors (Lipinski definition) is 2. The highest BCUT2D eigenvalue weighted by molar-refractivity contribution is 5.88. The fraction of sp³-hybridized carbons (Fsp3) is 0.917. The Morgan fingerprint density at radius 3 is 2.57 bits per heavy atom. The predicted octanol–water partition coefficient (Wildman–Crippen LogP) is 2.48. The van der Waals surface area contributed by atoms with Crippen molar-refractivity contribution in [2.45, 2.75) is 53.0 Å². The van der Waals surface area contributed by atoms with Gasteiger partial charge < -0.3 is 0 Å². The lowest BCUT2D eigenvalue weighted by Gasteiger charge is -2.28. The summed E-state index contributed by atoms with van der Waals surface area (Å²) in [4.78, 5) is 14.5. The second-order valence-electron chi connectivity index (χ2n) is 5.31. The van der Waals surface area contributed by atoms with Crippen LogP contribution in [0.2, 0.25) is 0 Å². The van der Waals surface area contributed by atoms with Gasteiger partial charge in [0, 0.05) is 5.41 Å². The molecule has 2 nitrogen and oxygen atoms in total. The fourth-order valence-electron chi connectivity index (χ4n) is 2.18. The summed E-state index contributed by atoms with van der Waals surface area (Å²) in [7, 11) is 0. The van der Waals surface area contributed by atoms with Gasteiger partial charge in [0.25, 0.3) is 0 Å². The van der Waals surface area contributed by atoms with Gasteiger partial charge >= 0.3 is 0 Å². The molecule has 0 N–H and O–H groups in total. The highest BCUT2D eigenvalue weighted by atomic mass is 16.1. The zero-order valence-electron chi connectivity index (χ0n) is 9.97. The molecule has 1 atom stereocenters. The summed E-state index contributed by atoms with van der Waals surface area (Å²) < 4.78 is 0. The first-order valence-electron chi connectivity index (χ1n) is 5.75. The Balaban J connectivity index is 2.62. The zero-order valence-corrected chi connectivity index (χ0v) is 9.97. The van der Waals surface area contributed by atoms with Crippen LogP contribution in [0.5, 0.6) is 0 Å². The molecule has 0 aliphatic carbocycles. The molecule has 1 fully saturated rings. The van der Waals surface area contributed by atoms with Crippen LogP contribution in [0.3, 0.4) is 0 Å². The maximum atomic E-state index is 12.1. The van der Waals surface area contributed by atoms with Crippen molar-refractivity contribution < 1.29 is 4.79 Å². The van der Waals surface area contributed by atoms with Crippen molar-refractivity contribution >= 4 is 5.78 Å². The van der Waals surface area contributed by atoms with E-state index in [9.17, 15) is 4.79 Å². The quantitative estimate of drug-likeness (QED) is 0.692. The minimum atomic E-state index is -0.180. The topological polar surface area (TPSA) is 20.3 Å². The fourth-order valence-corrected chi connectivity index (χ4v) is 2.18. The average Bonchev–Trinajstić information content (AvgIpc) is 2.50. The third-order valence-electron chi connectivity index (χ3n) is 2.92. The van der Waals surface area contributed by atoms with Crippen LogP contribution in [0.4, 0.5) is 0 Å². The number of nitrogens with zero attached hydrogens (tertiary/aromatic N) is 1. The van der Waals surface area contributed by atoms with Gasteiger partial charge in [0.2, 0.25) is 0 Å². The van der Waals surface area contributed by atoms with Crippen molar-refractivity contribution in [3.05, 3.63) is 0 Å². The SMILES string of the molecule is CCCN1CCCC1C(=O)C(C)(C)C. The summed E-state index contributed by atoms with van der Waals surface area (Å²) >= 11 is 0. The third-order valence-corrected chi connectivity index (χ3v) is 2.92. The molecule has 0 aromatic heterocycles. The molecule has 0 bridgehead atoms. The van der Waals surface area contributed by atoms with Crippen molar-refractivity contribution in [3.63, 3.8) is 0 Å². The van der Waals surface area contributed by atoms with Gasteiger partial charge in [-0.05, 0) is 32.4 Å². The highest BCUT2D eigenvalue weighted by Gasteiger charge is 2.35. The molecule has 1 aliphatic rings. The Morgan fingerprint density at radius 2 is 2.07 bits per heavy atom. The van der Waals surface area contributed by atoms with Crippen molar-refractivity contribution in [3.8, 4) is 0 Å². The van der Waals surface area contributed by atoms with E-state index in [-0.39, 0.29) is 11.5 Å². The maximum absolute atomic E-state index is 12.1. The van der Waals surface area contributed by atoms with E-state index in [1.807, 2.05) is 20.8 Å².